The van der Waals surface area contributed by atoms with Crippen molar-refractivity contribution in [2.75, 3.05) is 13.2 Å². The van der Waals surface area contributed by atoms with Crippen LogP contribution in [0.15, 0.2) is 66.9 Å². The Kier molecular flexibility index (Phi) is 5.57. The average molecular weight is 403 g/mol. The number of para-hydroxylation sites is 1. The minimum atomic E-state index is -0.448. The lowest BCUT2D eigenvalue weighted by Gasteiger charge is -2.31. The molecule has 2 heterocycles. The van der Waals surface area contributed by atoms with Crippen LogP contribution >= 0.6 is 0 Å². The summed E-state index contributed by atoms with van der Waals surface area (Å²) in [7, 11) is 0. The van der Waals surface area contributed by atoms with Gasteiger partial charge in [-0.05, 0) is 43.2 Å². The van der Waals surface area contributed by atoms with Crippen LogP contribution in [0.2, 0.25) is 0 Å². The molecule has 2 aromatic carbocycles. The predicted octanol–water partition coefficient (Wildman–Crippen LogP) is 3.96. The van der Waals surface area contributed by atoms with Gasteiger partial charge in [0.2, 0.25) is 0 Å². The Morgan fingerprint density at radius 2 is 1.93 bits per heavy atom. The van der Waals surface area contributed by atoms with Gasteiger partial charge in [-0.2, -0.15) is 0 Å². The van der Waals surface area contributed by atoms with E-state index in [1.165, 1.54) is 0 Å². The minimum Gasteiger partial charge on any atom is -0.465 e. The molecule has 0 saturated heterocycles. The zero-order chi connectivity index (χ0) is 21.1. The molecule has 0 saturated carbocycles. The Labute approximate surface area is 176 Å². The number of aromatic nitrogens is 1. The molecule has 1 N–H and O–H groups in total. The number of hydrogen-bond acceptors (Lipinski definition) is 3. The normalized spacial score (nSPS) is 15.0. The molecule has 1 aliphatic rings. The van der Waals surface area contributed by atoms with Crippen LogP contribution in [0.25, 0.3) is 5.69 Å². The van der Waals surface area contributed by atoms with Gasteiger partial charge in [0.25, 0.3) is 0 Å². The van der Waals surface area contributed by atoms with E-state index in [-0.39, 0.29) is 25.2 Å². The molecule has 0 radical (unpaired) electrons. The topological polar surface area (TPSA) is 63.6 Å². The molecule has 154 valence electrons. The first-order valence-electron chi connectivity index (χ1n) is 10.1. The van der Waals surface area contributed by atoms with E-state index in [0.717, 1.165) is 28.1 Å². The third-order valence-corrected chi connectivity index (χ3v) is 5.27. The number of benzene rings is 2. The molecular formula is C24H25N3O3. The van der Waals surface area contributed by atoms with Crippen LogP contribution in [-0.2, 0) is 16.1 Å². The zero-order valence-corrected chi connectivity index (χ0v) is 17.2. The fourth-order valence-corrected chi connectivity index (χ4v) is 3.99. The third-order valence-electron chi connectivity index (χ3n) is 5.27. The Balaban J connectivity index is 1.77. The minimum absolute atomic E-state index is 0.160. The monoisotopic (exact) mass is 403 g/mol. The molecule has 6 heteroatoms. The van der Waals surface area contributed by atoms with Gasteiger partial charge in [0.1, 0.15) is 6.54 Å². The molecular weight excluding hydrogens is 378 g/mol. The quantitative estimate of drug-likeness (QED) is 0.671. The molecule has 2 amide bonds. The number of amides is 2. The van der Waals surface area contributed by atoms with Gasteiger partial charge in [-0.25, -0.2) is 4.79 Å². The smallest absolute Gasteiger partial charge is 0.325 e. The van der Waals surface area contributed by atoms with Crippen LogP contribution in [-0.4, -0.2) is 34.6 Å². The second-order valence-electron chi connectivity index (χ2n) is 7.34. The van der Waals surface area contributed by atoms with Gasteiger partial charge in [-0.3, -0.25) is 4.79 Å². The molecule has 4 rings (SSSR count). The summed E-state index contributed by atoms with van der Waals surface area (Å²) in [6, 6.07) is 19.7. The highest BCUT2D eigenvalue weighted by Crippen LogP contribution is 2.36. The number of hydrogen-bond donors (Lipinski definition) is 1. The van der Waals surface area contributed by atoms with E-state index in [1.807, 2.05) is 61.7 Å². The van der Waals surface area contributed by atoms with Crippen LogP contribution in [0.5, 0.6) is 0 Å². The number of rotatable bonds is 4. The van der Waals surface area contributed by atoms with Crippen molar-refractivity contribution in [1.29, 1.82) is 0 Å². The van der Waals surface area contributed by atoms with Gasteiger partial charge < -0.3 is 19.5 Å². The Bertz CT molecular complexity index is 1070. The summed E-state index contributed by atoms with van der Waals surface area (Å²) in [6.07, 6.45) is 2.02. The second-order valence-corrected chi connectivity index (χ2v) is 7.34. The van der Waals surface area contributed by atoms with Crippen LogP contribution in [0, 0.1) is 6.92 Å². The summed E-state index contributed by atoms with van der Waals surface area (Å²) in [4.78, 5) is 26.8. The number of aryl methyl sites for hydroxylation is 1. The number of nitrogens with zero attached hydrogens (tertiary/aromatic N) is 2. The SMILES string of the molecule is CCOC(=O)CNC(=O)N1Cc2ccccc2-n2cccc2[C@H]1c1cccc(C)c1. The zero-order valence-electron chi connectivity index (χ0n) is 17.2. The maximum absolute atomic E-state index is 13.3. The lowest BCUT2D eigenvalue weighted by Crippen LogP contribution is -2.44. The molecule has 0 spiro atoms. The molecule has 6 nitrogen and oxygen atoms in total. The van der Waals surface area contributed by atoms with E-state index >= 15 is 0 Å². The largest absolute Gasteiger partial charge is 0.465 e. The van der Waals surface area contributed by atoms with Crippen LogP contribution in [0.4, 0.5) is 4.79 Å². The number of fused-ring (bicyclic) bond motifs is 3. The van der Waals surface area contributed by atoms with E-state index in [4.69, 9.17) is 4.74 Å². The number of carbonyl (C=O) groups excluding carboxylic acids is 2. The molecule has 1 aromatic heterocycles. The number of carbonyl (C=O) groups is 2. The van der Waals surface area contributed by atoms with Gasteiger partial charge in [0.15, 0.2) is 0 Å². The van der Waals surface area contributed by atoms with Crippen molar-refractivity contribution in [2.45, 2.75) is 26.4 Å². The molecule has 0 unspecified atom stereocenters. The van der Waals surface area contributed by atoms with Gasteiger partial charge in [-0.15, -0.1) is 0 Å². The summed E-state index contributed by atoms with van der Waals surface area (Å²) < 4.78 is 7.10. The molecule has 0 bridgehead atoms. The highest BCUT2D eigenvalue weighted by atomic mass is 16.5. The van der Waals surface area contributed by atoms with Crippen molar-refractivity contribution in [3.05, 3.63) is 89.2 Å². The highest BCUT2D eigenvalue weighted by molar-refractivity contribution is 5.81. The van der Waals surface area contributed by atoms with Gasteiger partial charge in [0, 0.05) is 11.9 Å². The van der Waals surface area contributed by atoms with Crippen molar-refractivity contribution in [1.82, 2.24) is 14.8 Å². The fourth-order valence-electron chi connectivity index (χ4n) is 3.99. The lowest BCUT2D eigenvalue weighted by molar-refractivity contribution is -0.141. The number of ether oxygens (including phenoxy) is 1. The first kappa shape index (κ1) is 19.8. The molecule has 1 atom stereocenters. The summed E-state index contributed by atoms with van der Waals surface area (Å²) in [5.74, 6) is -0.448. The van der Waals surface area contributed by atoms with E-state index < -0.39 is 5.97 Å². The lowest BCUT2D eigenvalue weighted by atomic mass is 10.00. The van der Waals surface area contributed by atoms with Crippen molar-refractivity contribution in [2.24, 2.45) is 0 Å². The maximum Gasteiger partial charge on any atom is 0.325 e. The summed E-state index contributed by atoms with van der Waals surface area (Å²) in [6.45, 7) is 4.33. The predicted molar refractivity (Wildman–Crippen MR) is 114 cm³/mol. The summed E-state index contributed by atoms with van der Waals surface area (Å²) in [5.41, 5.74) is 5.23. The van der Waals surface area contributed by atoms with Crippen LogP contribution < -0.4 is 5.32 Å². The van der Waals surface area contributed by atoms with Gasteiger partial charge in [0.05, 0.1) is 24.9 Å². The number of nitrogens with one attached hydrogen (secondary N) is 1. The Morgan fingerprint density at radius 3 is 2.73 bits per heavy atom. The highest BCUT2D eigenvalue weighted by Gasteiger charge is 2.33. The third kappa shape index (κ3) is 3.81. The standard InChI is InChI=1S/C24H25N3O3/c1-3-30-22(28)15-25-24(29)27-16-19-9-4-5-11-20(19)26-13-7-12-21(26)23(27)18-10-6-8-17(2)14-18/h4-14,23H,3,15-16H2,1-2H3,(H,25,29)/t23-/m1/s1. The first-order valence-corrected chi connectivity index (χ1v) is 10.1. The van der Waals surface area contributed by atoms with Gasteiger partial charge in [-0.1, -0.05) is 48.0 Å². The van der Waals surface area contributed by atoms with Crippen molar-refractivity contribution < 1.29 is 14.3 Å². The van der Waals surface area contributed by atoms with Crippen molar-refractivity contribution in [3.63, 3.8) is 0 Å². The van der Waals surface area contributed by atoms with Gasteiger partial charge >= 0.3 is 12.0 Å². The van der Waals surface area contributed by atoms with Crippen LogP contribution in [0.3, 0.4) is 0 Å². The van der Waals surface area contributed by atoms with Crippen molar-refractivity contribution in [3.8, 4) is 5.69 Å². The summed E-state index contributed by atoms with van der Waals surface area (Å²) in [5, 5.41) is 2.74. The number of urea groups is 1. The van der Waals surface area contributed by atoms with E-state index in [9.17, 15) is 9.59 Å². The average Bonchev–Trinajstić information content (AvgIpc) is 3.16. The first-order chi connectivity index (χ1) is 14.6. The second kappa shape index (κ2) is 8.45. The molecule has 3 aromatic rings. The number of esters is 1. The van der Waals surface area contributed by atoms with Crippen LogP contribution in [0.1, 0.15) is 35.3 Å². The van der Waals surface area contributed by atoms with E-state index in [0.29, 0.717) is 6.54 Å². The molecule has 1 aliphatic heterocycles. The summed E-state index contributed by atoms with van der Waals surface area (Å²) >= 11 is 0. The van der Waals surface area contributed by atoms with E-state index in [2.05, 4.69) is 22.0 Å². The van der Waals surface area contributed by atoms with E-state index in [1.54, 1.807) is 11.8 Å². The van der Waals surface area contributed by atoms with Crippen molar-refractivity contribution >= 4 is 12.0 Å². The fraction of sp³-hybridized carbons (Fsp3) is 0.250. The Hall–Kier alpha value is -3.54. The Morgan fingerprint density at radius 1 is 1.10 bits per heavy atom. The molecule has 0 fully saturated rings. The maximum atomic E-state index is 13.3. The molecule has 30 heavy (non-hydrogen) atoms. The molecule has 0 aliphatic carbocycles.